The maximum absolute atomic E-state index is 12.1. The SMILES string of the molecule is OC(CBr)CN(CC(F)(F)F)C1CC1. The third-order valence-corrected chi connectivity index (χ3v) is 2.82. The second-order valence-electron chi connectivity index (χ2n) is 3.58. The van der Waals surface area contributed by atoms with Gasteiger partial charge in [0.25, 0.3) is 0 Å². The van der Waals surface area contributed by atoms with Crippen LogP contribution in [0.1, 0.15) is 12.8 Å². The topological polar surface area (TPSA) is 23.5 Å². The van der Waals surface area contributed by atoms with Crippen LogP contribution in [0.3, 0.4) is 0 Å². The number of alkyl halides is 4. The fourth-order valence-corrected chi connectivity index (χ4v) is 1.54. The van der Waals surface area contributed by atoms with E-state index in [1.54, 1.807) is 0 Å². The molecule has 0 amide bonds. The Labute approximate surface area is 89.2 Å². The first-order valence-electron chi connectivity index (χ1n) is 4.47. The van der Waals surface area contributed by atoms with Gasteiger partial charge < -0.3 is 5.11 Å². The molecule has 6 heteroatoms. The summed E-state index contributed by atoms with van der Waals surface area (Å²) >= 11 is 3.03. The van der Waals surface area contributed by atoms with Crippen molar-refractivity contribution >= 4 is 15.9 Å². The Hall–Kier alpha value is 0.190. The first kappa shape index (κ1) is 12.3. The fraction of sp³-hybridized carbons (Fsp3) is 1.00. The summed E-state index contributed by atoms with van der Waals surface area (Å²) in [6.45, 7) is -0.822. The molecule has 1 saturated carbocycles. The Morgan fingerprint density at radius 3 is 2.36 bits per heavy atom. The molecule has 0 radical (unpaired) electrons. The molecule has 0 saturated heterocycles. The molecule has 1 aliphatic carbocycles. The van der Waals surface area contributed by atoms with Crippen LogP contribution in [0.5, 0.6) is 0 Å². The van der Waals surface area contributed by atoms with E-state index in [-0.39, 0.29) is 12.6 Å². The van der Waals surface area contributed by atoms with Crippen molar-refractivity contribution in [2.45, 2.75) is 31.2 Å². The second kappa shape index (κ2) is 4.81. The van der Waals surface area contributed by atoms with Crippen LogP contribution in [0.25, 0.3) is 0 Å². The van der Waals surface area contributed by atoms with Crippen LogP contribution in [0.2, 0.25) is 0 Å². The highest BCUT2D eigenvalue weighted by Crippen LogP contribution is 2.30. The van der Waals surface area contributed by atoms with E-state index in [0.717, 1.165) is 12.8 Å². The Morgan fingerprint density at radius 1 is 1.43 bits per heavy atom. The van der Waals surface area contributed by atoms with Crippen molar-refractivity contribution < 1.29 is 18.3 Å². The van der Waals surface area contributed by atoms with Crippen molar-refractivity contribution in [3.63, 3.8) is 0 Å². The third kappa shape index (κ3) is 4.61. The highest BCUT2D eigenvalue weighted by Gasteiger charge is 2.38. The molecule has 1 fully saturated rings. The molecule has 1 rings (SSSR count). The lowest BCUT2D eigenvalue weighted by molar-refractivity contribution is -0.149. The van der Waals surface area contributed by atoms with Crippen LogP contribution in [-0.2, 0) is 0 Å². The van der Waals surface area contributed by atoms with Gasteiger partial charge in [-0.3, -0.25) is 4.90 Å². The molecule has 0 aromatic carbocycles. The van der Waals surface area contributed by atoms with Gasteiger partial charge in [0.15, 0.2) is 0 Å². The van der Waals surface area contributed by atoms with Gasteiger partial charge in [0.05, 0.1) is 12.6 Å². The molecule has 0 bridgehead atoms. The summed E-state index contributed by atoms with van der Waals surface area (Å²) in [5.74, 6) is 0. The number of aliphatic hydroxyl groups excluding tert-OH is 1. The maximum Gasteiger partial charge on any atom is 0.401 e. The largest absolute Gasteiger partial charge is 0.401 e. The Morgan fingerprint density at radius 2 is 2.00 bits per heavy atom. The van der Waals surface area contributed by atoms with Gasteiger partial charge in [-0.05, 0) is 12.8 Å². The molecule has 0 aliphatic heterocycles. The lowest BCUT2D eigenvalue weighted by Crippen LogP contribution is -2.41. The molecule has 1 N–H and O–H groups in total. The molecule has 0 aromatic heterocycles. The van der Waals surface area contributed by atoms with Gasteiger partial charge in [0.1, 0.15) is 0 Å². The Balaban J connectivity index is 2.39. The van der Waals surface area contributed by atoms with Crippen molar-refractivity contribution in [2.24, 2.45) is 0 Å². The van der Waals surface area contributed by atoms with Crippen LogP contribution in [-0.4, -0.2) is 46.7 Å². The summed E-state index contributed by atoms with van der Waals surface area (Å²) in [6.07, 6.45) is -3.27. The fourth-order valence-electron chi connectivity index (χ4n) is 1.33. The van der Waals surface area contributed by atoms with E-state index < -0.39 is 18.8 Å². The van der Waals surface area contributed by atoms with Gasteiger partial charge in [-0.1, -0.05) is 15.9 Å². The smallest absolute Gasteiger partial charge is 0.391 e. The lowest BCUT2D eigenvalue weighted by Gasteiger charge is -2.25. The monoisotopic (exact) mass is 275 g/mol. The lowest BCUT2D eigenvalue weighted by atomic mass is 10.3. The summed E-state index contributed by atoms with van der Waals surface area (Å²) < 4.78 is 36.3. The minimum absolute atomic E-state index is 0.0188. The number of hydrogen-bond donors (Lipinski definition) is 1. The zero-order chi connectivity index (χ0) is 10.8. The highest BCUT2D eigenvalue weighted by molar-refractivity contribution is 9.09. The third-order valence-electron chi connectivity index (χ3n) is 2.07. The van der Waals surface area contributed by atoms with E-state index in [4.69, 9.17) is 0 Å². The van der Waals surface area contributed by atoms with E-state index in [2.05, 4.69) is 15.9 Å². The number of nitrogens with zero attached hydrogens (tertiary/aromatic N) is 1. The normalized spacial score (nSPS) is 20.1. The van der Waals surface area contributed by atoms with Crippen molar-refractivity contribution in [3.05, 3.63) is 0 Å². The number of halogens is 4. The standard InChI is InChI=1S/C8H13BrF3NO/c9-3-7(14)4-13(6-1-2-6)5-8(10,11)12/h6-7,14H,1-5H2. The van der Waals surface area contributed by atoms with E-state index in [0.29, 0.717) is 5.33 Å². The van der Waals surface area contributed by atoms with Gasteiger partial charge in [-0.25, -0.2) is 0 Å². The summed E-state index contributed by atoms with van der Waals surface area (Å²) in [5.41, 5.74) is 0. The van der Waals surface area contributed by atoms with Gasteiger partial charge in [0, 0.05) is 17.9 Å². The van der Waals surface area contributed by atoms with Gasteiger partial charge in [0.2, 0.25) is 0 Å². The molecule has 2 nitrogen and oxygen atoms in total. The zero-order valence-corrected chi connectivity index (χ0v) is 9.18. The predicted molar refractivity (Wildman–Crippen MR) is 50.5 cm³/mol. The number of rotatable bonds is 5. The first-order valence-corrected chi connectivity index (χ1v) is 5.59. The molecule has 1 aliphatic rings. The average Bonchev–Trinajstić information content (AvgIpc) is 2.82. The van der Waals surface area contributed by atoms with Gasteiger partial charge >= 0.3 is 6.18 Å². The van der Waals surface area contributed by atoms with Crippen LogP contribution in [0.4, 0.5) is 13.2 Å². The molecular weight excluding hydrogens is 263 g/mol. The van der Waals surface area contributed by atoms with Crippen LogP contribution >= 0.6 is 15.9 Å². The molecule has 0 spiro atoms. The minimum atomic E-state index is -4.17. The maximum atomic E-state index is 12.1. The quantitative estimate of drug-likeness (QED) is 0.774. The van der Waals surface area contributed by atoms with Crippen molar-refractivity contribution in [3.8, 4) is 0 Å². The molecule has 0 heterocycles. The van der Waals surface area contributed by atoms with E-state index >= 15 is 0 Å². The summed E-state index contributed by atoms with van der Waals surface area (Å²) in [4.78, 5) is 1.31. The van der Waals surface area contributed by atoms with Crippen LogP contribution in [0, 0.1) is 0 Å². The van der Waals surface area contributed by atoms with Crippen molar-refractivity contribution in [1.82, 2.24) is 4.90 Å². The molecule has 1 atom stereocenters. The summed E-state index contributed by atoms with van der Waals surface area (Å²) in [6, 6.07) is 0.0188. The molecule has 1 unspecified atom stereocenters. The number of hydrogen-bond acceptors (Lipinski definition) is 2. The van der Waals surface area contributed by atoms with Gasteiger partial charge in [-0.2, -0.15) is 13.2 Å². The molecular formula is C8H13BrF3NO. The summed E-state index contributed by atoms with van der Waals surface area (Å²) in [5, 5.41) is 9.56. The van der Waals surface area contributed by atoms with Crippen molar-refractivity contribution in [1.29, 1.82) is 0 Å². The molecule has 0 aromatic rings. The van der Waals surface area contributed by atoms with Crippen LogP contribution < -0.4 is 0 Å². The first-order chi connectivity index (χ1) is 6.42. The highest BCUT2D eigenvalue weighted by atomic mass is 79.9. The minimum Gasteiger partial charge on any atom is -0.391 e. The summed E-state index contributed by atoms with van der Waals surface area (Å²) in [7, 11) is 0. The van der Waals surface area contributed by atoms with Crippen LogP contribution in [0.15, 0.2) is 0 Å². The Kier molecular flexibility index (Phi) is 4.21. The predicted octanol–water partition coefficient (Wildman–Crippen LogP) is 1.77. The zero-order valence-electron chi connectivity index (χ0n) is 7.60. The van der Waals surface area contributed by atoms with Crippen molar-refractivity contribution in [2.75, 3.05) is 18.4 Å². The van der Waals surface area contributed by atoms with E-state index in [9.17, 15) is 18.3 Å². The second-order valence-corrected chi connectivity index (χ2v) is 4.23. The molecule has 84 valence electrons. The number of aliphatic hydroxyl groups is 1. The van der Waals surface area contributed by atoms with E-state index in [1.807, 2.05) is 0 Å². The van der Waals surface area contributed by atoms with Gasteiger partial charge in [-0.15, -0.1) is 0 Å². The average molecular weight is 276 g/mol. The Bertz CT molecular complexity index is 184. The van der Waals surface area contributed by atoms with E-state index in [1.165, 1.54) is 4.90 Å². The molecule has 14 heavy (non-hydrogen) atoms.